The summed E-state index contributed by atoms with van der Waals surface area (Å²) in [6, 6.07) is 0. The van der Waals surface area contributed by atoms with E-state index in [9.17, 15) is 5.11 Å². The van der Waals surface area contributed by atoms with Crippen LogP contribution in [-0.4, -0.2) is 27.5 Å². The van der Waals surface area contributed by atoms with Crippen molar-refractivity contribution in [3.63, 3.8) is 0 Å². The maximum atomic E-state index is 9.23. The van der Waals surface area contributed by atoms with Crippen LogP contribution in [0.4, 0.5) is 11.5 Å². The lowest BCUT2D eigenvalue weighted by molar-refractivity contribution is 0.0486. The number of nitrogen functional groups attached to an aromatic ring is 1. The maximum Gasteiger partial charge on any atom is 0.147 e. The fraction of sp³-hybridized carbons (Fsp3) is 0.750. The summed E-state index contributed by atoms with van der Waals surface area (Å²) in [5, 5.41) is 17.0. The van der Waals surface area contributed by atoms with E-state index in [2.05, 4.69) is 24.3 Å². The van der Waals surface area contributed by atoms with Crippen molar-refractivity contribution in [2.75, 3.05) is 17.6 Å². The van der Waals surface area contributed by atoms with Gasteiger partial charge in [-0.3, -0.25) is 4.68 Å². The van der Waals surface area contributed by atoms with E-state index in [-0.39, 0.29) is 6.10 Å². The molecule has 4 N–H and O–H groups in total. The Labute approximate surface area is 102 Å². The summed E-state index contributed by atoms with van der Waals surface area (Å²) >= 11 is 0. The number of anilines is 2. The highest BCUT2D eigenvalue weighted by atomic mass is 16.3. The Hall–Kier alpha value is -1.23. The molecular weight excluding hydrogens is 216 g/mol. The minimum absolute atomic E-state index is 0.100. The lowest BCUT2D eigenvalue weighted by atomic mass is 9.82. The number of aryl methyl sites for hydroxylation is 1. The molecule has 96 valence electrons. The second-order valence-electron chi connectivity index (χ2n) is 5.30. The molecule has 1 saturated carbocycles. The van der Waals surface area contributed by atoms with Gasteiger partial charge >= 0.3 is 0 Å². The molecular formula is C12H22N4O. The third-order valence-electron chi connectivity index (χ3n) is 3.43. The minimum Gasteiger partial charge on any atom is -0.394 e. The number of hydrogen-bond acceptors (Lipinski definition) is 4. The van der Waals surface area contributed by atoms with Crippen LogP contribution in [0.5, 0.6) is 0 Å². The molecule has 0 radical (unpaired) electrons. The van der Waals surface area contributed by atoms with Gasteiger partial charge in [-0.05, 0) is 24.7 Å². The lowest BCUT2D eigenvalue weighted by Gasteiger charge is -2.31. The van der Waals surface area contributed by atoms with Gasteiger partial charge in [0, 0.05) is 13.6 Å². The SMILES string of the molecule is CC(C)c1nn(C)c(NCC2CC(O)C2)c1N. The zero-order valence-corrected chi connectivity index (χ0v) is 10.8. The van der Waals surface area contributed by atoms with E-state index in [0.29, 0.717) is 11.8 Å². The number of rotatable bonds is 4. The van der Waals surface area contributed by atoms with Gasteiger partial charge in [0.15, 0.2) is 0 Å². The highest BCUT2D eigenvalue weighted by Gasteiger charge is 2.27. The van der Waals surface area contributed by atoms with Gasteiger partial charge in [0.2, 0.25) is 0 Å². The number of hydrogen-bond donors (Lipinski definition) is 3. The fourth-order valence-corrected chi connectivity index (χ4v) is 2.31. The molecule has 2 rings (SSSR count). The summed E-state index contributed by atoms with van der Waals surface area (Å²) in [5.74, 6) is 1.79. The molecule has 1 aromatic rings. The quantitative estimate of drug-likeness (QED) is 0.739. The van der Waals surface area contributed by atoms with Crippen LogP contribution in [0.15, 0.2) is 0 Å². The summed E-state index contributed by atoms with van der Waals surface area (Å²) in [6.45, 7) is 5.04. The molecule has 5 heteroatoms. The first-order valence-corrected chi connectivity index (χ1v) is 6.23. The van der Waals surface area contributed by atoms with Gasteiger partial charge < -0.3 is 16.2 Å². The van der Waals surface area contributed by atoms with Gasteiger partial charge in [-0.15, -0.1) is 0 Å². The van der Waals surface area contributed by atoms with Crippen molar-refractivity contribution in [3.8, 4) is 0 Å². The summed E-state index contributed by atoms with van der Waals surface area (Å²) < 4.78 is 1.81. The third-order valence-corrected chi connectivity index (χ3v) is 3.43. The molecule has 0 aromatic carbocycles. The Kier molecular flexibility index (Phi) is 3.28. The number of aliphatic hydroxyl groups excluding tert-OH is 1. The Bertz CT molecular complexity index is 393. The molecule has 5 nitrogen and oxygen atoms in total. The van der Waals surface area contributed by atoms with Gasteiger partial charge in [-0.1, -0.05) is 13.8 Å². The zero-order chi connectivity index (χ0) is 12.6. The van der Waals surface area contributed by atoms with Crippen LogP contribution >= 0.6 is 0 Å². The first-order chi connectivity index (χ1) is 7.99. The predicted octanol–water partition coefficient (Wildman–Crippen LogP) is 1.31. The van der Waals surface area contributed by atoms with E-state index in [1.807, 2.05) is 7.05 Å². The van der Waals surface area contributed by atoms with Crippen molar-refractivity contribution >= 4 is 11.5 Å². The monoisotopic (exact) mass is 238 g/mol. The topological polar surface area (TPSA) is 76.1 Å². The smallest absolute Gasteiger partial charge is 0.147 e. The molecule has 1 aromatic heterocycles. The van der Waals surface area contributed by atoms with Crippen LogP contribution in [-0.2, 0) is 7.05 Å². The van der Waals surface area contributed by atoms with E-state index in [0.717, 1.165) is 36.6 Å². The predicted molar refractivity (Wildman–Crippen MR) is 68.9 cm³/mol. The summed E-state index contributed by atoms with van der Waals surface area (Å²) in [7, 11) is 1.90. The number of nitrogens with zero attached hydrogens (tertiary/aromatic N) is 2. The molecule has 17 heavy (non-hydrogen) atoms. The number of aliphatic hydroxyl groups is 1. The highest BCUT2D eigenvalue weighted by Crippen LogP contribution is 2.30. The van der Waals surface area contributed by atoms with Crippen molar-refractivity contribution in [2.24, 2.45) is 13.0 Å². The van der Waals surface area contributed by atoms with Gasteiger partial charge in [0.05, 0.1) is 17.5 Å². The first-order valence-electron chi connectivity index (χ1n) is 6.23. The Morgan fingerprint density at radius 3 is 2.65 bits per heavy atom. The summed E-state index contributed by atoms with van der Waals surface area (Å²) in [6.07, 6.45) is 1.68. The lowest BCUT2D eigenvalue weighted by Crippen LogP contribution is -2.33. The van der Waals surface area contributed by atoms with Crippen molar-refractivity contribution in [1.82, 2.24) is 9.78 Å². The van der Waals surface area contributed by atoms with Crippen LogP contribution in [0.2, 0.25) is 0 Å². The summed E-state index contributed by atoms with van der Waals surface area (Å²) in [4.78, 5) is 0. The normalized spacial score (nSPS) is 23.8. The average Bonchev–Trinajstić information content (AvgIpc) is 2.49. The maximum absolute atomic E-state index is 9.23. The molecule has 0 saturated heterocycles. The van der Waals surface area contributed by atoms with Crippen molar-refractivity contribution < 1.29 is 5.11 Å². The third kappa shape index (κ3) is 2.39. The van der Waals surface area contributed by atoms with E-state index in [1.165, 1.54) is 0 Å². The van der Waals surface area contributed by atoms with Crippen LogP contribution in [0.1, 0.15) is 38.3 Å². The van der Waals surface area contributed by atoms with Crippen LogP contribution in [0, 0.1) is 5.92 Å². The first kappa shape index (κ1) is 12.2. The van der Waals surface area contributed by atoms with Crippen molar-refractivity contribution in [1.29, 1.82) is 0 Å². The molecule has 1 fully saturated rings. The fourth-order valence-electron chi connectivity index (χ4n) is 2.31. The van der Waals surface area contributed by atoms with Crippen molar-refractivity contribution in [3.05, 3.63) is 5.69 Å². The van der Waals surface area contributed by atoms with E-state index in [1.54, 1.807) is 4.68 Å². The largest absolute Gasteiger partial charge is 0.394 e. The van der Waals surface area contributed by atoms with Gasteiger partial charge in [-0.2, -0.15) is 5.10 Å². The zero-order valence-electron chi connectivity index (χ0n) is 10.8. The standard InChI is InChI=1S/C12H22N4O/c1-7(2)11-10(13)12(16(3)15-11)14-6-8-4-9(17)5-8/h7-9,14,17H,4-6,13H2,1-3H3. The molecule has 0 aliphatic heterocycles. The Morgan fingerprint density at radius 1 is 1.53 bits per heavy atom. The van der Waals surface area contributed by atoms with Crippen LogP contribution in [0.25, 0.3) is 0 Å². The molecule has 0 unspecified atom stereocenters. The molecule has 0 atom stereocenters. The Morgan fingerprint density at radius 2 is 2.18 bits per heavy atom. The average molecular weight is 238 g/mol. The minimum atomic E-state index is -0.100. The molecule has 1 heterocycles. The summed E-state index contributed by atoms with van der Waals surface area (Å²) in [5.41, 5.74) is 7.78. The number of nitrogens with one attached hydrogen (secondary N) is 1. The molecule has 0 amide bonds. The molecule has 0 bridgehead atoms. The number of nitrogens with two attached hydrogens (primary N) is 1. The Balaban J connectivity index is 2.00. The van der Waals surface area contributed by atoms with E-state index < -0.39 is 0 Å². The molecule has 1 aliphatic rings. The second-order valence-corrected chi connectivity index (χ2v) is 5.30. The second kappa shape index (κ2) is 4.56. The van der Waals surface area contributed by atoms with E-state index in [4.69, 9.17) is 5.73 Å². The van der Waals surface area contributed by atoms with Crippen LogP contribution in [0.3, 0.4) is 0 Å². The van der Waals surface area contributed by atoms with Gasteiger partial charge in [0.25, 0.3) is 0 Å². The highest BCUT2D eigenvalue weighted by molar-refractivity contribution is 5.65. The van der Waals surface area contributed by atoms with E-state index >= 15 is 0 Å². The van der Waals surface area contributed by atoms with Crippen LogP contribution < -0.4 is 11.1 Å². The van der Waals surface area contributed by atoms with Gasteiger partial charge in [-0.25, -0.2) is 0 Å². The van der Waals surface area contributed by atoms with Crippen molar-refractivity contribution in [2.45, 2.75) is 38.7 Å². The molecule has 0 spiro atoms. The van der Waals surface area contributed by atoms with Gasteiger partial charge in [0.1, 0.15) is 5.82 Å². The number of aromatic nitrogens is 2. The molecule has 1 aliphatic carbocycles.